The average Bonchev–Trinajstić information content (AvgIpc) is 1.96. The smallest absolute Gasteiger partial charge is 0.217 e. The van der Waals surface area contributed by atoms with E-state index in [1.54, 1.807) is 6.92 Å². The van der Waals surface area contributed by atoms with Crippen molar-refractivity contribution in [1.29, 1.82) is 0 Å². The van der Waals surface area contributed by atoms with Crippen molar-refractivity contribution in [2.45, 2.75) is 44.5 Å². The molecular formula is C9H16ClNO. The highest BCUT2D eigenvalue weighted by Gasteiger charge is 2.26. The summed E-state index contributed by atoms with van der Waals surface area (Å²) in [7, 11) is 0. The number of carbonyl (C=O) groups is 1. The van der Waals surface area contributed by atoms with Gasteiger partial charge in [-0.25, -0.2) is 0 Å². The molecule has 12 heavy (non-hydrogen) atoms. The summed E-state index contributed by atoms with van der Waals surface area (Å²) < 4.78 is 0. The molecular weight excluding hydrogens is 174 g/mol. The number of halogens is 1. The standard InChI is InChI=1S/C9H16ClNO/c1-6-3-4-8(10)5-9(6)11-7(2)12/h6,8-9H,3-5H2,1-2H3,(H,11,12)/t6-,8+,9-/m0/s1. The Morgan fingerprint density at radius 1 is 1.50 bits per heavy atom. The Kier molecular flexibility index (Phi) is 3.39. The predicted molar refractivity (Wildman–Crippen MR) is 50.3 cm³/mol. The van der Waals surface area contributed by atoms with Crippen molar-refractivity contribution in [2.24, 2.45) is 5.92 Å². The number of hydrogen-bond acceptors (Lipinski definition) is 1. The maximum absolute atomic E-state index is 10.8. The Morgan fingerprint density at radius 2 is 2.17 bits per heavy atom. The minimum Gasteiger partial charge on any atom is -0.353 e. The molecule has 0 unspecified atom stereocenters. The van der Waals surface area contributed by atoms with E-state index in [1.807, 2.05) is 0 Å². The lowest BCUT2D eigenvalue weighted by Gasteiger charge is -2.31. The van der Waals surface area contributed by atoms with Gasteiger partial charge in [-0.05, 0) is 25.2 Å². The summed E-state index contributed by atoms with van der Waals surface area (Å²) >= 11 is 6.01. The molecule has 0 heterocycles. The molecule has 70 valence electrons. The lowest BCUT2D eigenvalue weighted by atomic mass is 9.85. The van der Waals surface area contributed by atoms with Crippen LogP contribution in [0.5, 0.6) is 0 Å². The Labute approximate surface area is 78.7 Å². The zero-order valence-electron chi connectivity index (χ0n) is 7.64. The SMILES string of the molecule is CC(=O)N[C@H]1C[C@H](Cl)CC[C@@H]1C. The van der Waals surface area contributed by atoms with Crippen LogP contribution in [0.1, 0.15) is 33.1 Å². The van der Waals surface area contributed by atoms with Gasteiger partial charge in [0.2, 0.25) is 5.91 Å². The minimum absolute atomic E-state index is 0.0533. The summed E-state index contributed by atoms with van der Waals surface area (Å²) in [6.07, 6.45) is 3.13. The van der Waals surface area contributed by atoms with Crippen molar-refractivity contribution in [3.63, 3.8) is 0 Å². The van der Waals surface area contributed by atoms with E-state index in [0.29, 0.717) is 12.0 Å². The number of carbonyl (C=O) groups excluding carboxylic acids is 1. The molecule has 0 aliphatic heterocycles. The van der Waals surface area contributed by atoms with Crippen LogP contribution in [0.25, 0.3) is 0 Å². The Bertz CT molecular complexity index is 172. The van der Waals surface area contributed by atoms with Crippen molar-refractivity contribution < 1.29 is 4.79 Å². The third kappa shape index (κ3) is 2.67. The number of alkyl halides is 1. The maximum Gasteiger partial charge on any atom is 0.217 e. The molecule has 0 aromatic heterocycles. The number of rotatable bonds is 1. The van der Waals surface area contributed by atoms with Crippen molar-refractivity contribution >= 4 is 17.5 Å². The van der Waals surface area contributed by atoms with Crippen LogP contribution in [-0.2, 0) is 4.79 Å². The van der Waals surface area contributed by atoms with Crippen molar-refractivity contribution in [2.75, 3.05) is 0 Å². The normalized spacial score (nSPS) is 36.1. The van der Waals surface area contributed by atoms with Crippen LogP contribution >= 0.6 is 11.6 Å². The van der Waals surface area contributed by atoms with Crippen molar-refractivity contribution in [3.05, 3.63) is 0 Å². The second-order valence-corrected chi connectivity index (χ2v) is 4.31. The van der Waals surface area contributed by atoms with Gasteiger partial charge in [0.05, 0.1) is 0 Å². The molecule has 2 nitrogen and oxygen atoms in total. The molecule has 0 aromatic carbocycles. The summed E-state index contributed by atoms with van der Waals surface area (Å²) in [6.45, 7) is 3.73. The summed E-state index contributed by atoms with van der Waals surface area (Å²) in [4.78, 5) is 10.8. The summed E-state index contributed by atoms with van der Waals surface area (Å²) in [5, 5.41) is 3.19. The minimum atomic E-state index is 0.0533. The van der Waals surface area contributed by atoms with Gasteiger partial charge in [-0.15, -0.1) is 11.6 Å². The lowest BCUT2D eigenvalue weighted by Crippen LogP contribution is -2.42. The highest BCUT2D eigenvalue weighted by molar-refractivity contribution is 6.20. The Morgan fingerprint density at radius 3 is 2.75 bits per heavy atom. The number of nitrogens with one attached hydrogen (secondary N) is 1. The highest BCUT2D eigenvalue weighted by atomic mass is 35.5. The van der Waals surface area contributed by atoms with Crippen molar-refractivity contribution in [3.8, 4) is 0 Å². The van der Waals surface area contributed by atoms with Crippen LogP contribution in [0, 0.1) is 5.92 Å². The fourth-order valence-electron chi connectivity index (χ4n) is 1.73. The van der Waals surface area contributed by atoms with Gasteiger partial charge in [0.15, 0.2) is 0 Å². The molecule has 1 amide bonds. The molecule has 1 N–H and O–H groups in total. The average molecular weight is 190 g/mol. The molecule has 0 saturated heterocycles. The zero-order valence-corrected chi connectivity index (χ0v) is 8.40. The Balaban J connectivity index is 2.43. The Hall–Kier alpha value is -0.240. The molecule has 1 aliphatic rings. The summed E-state index contributed by atoms with van der Waals surface area (Å²) in [6, 6.07) is 0.291. The largest absolute Gasteiger partial charge is 0.353 e. The van der Waals surface area contributed by atoms with Crippen LogP contribution in [-0.4, -0.2) is 17.3 Å². The molecule has 3 heteroatoms. The molecule has 1 aliphatic carbocycles. The number of amides is 1. The van der Waals surface area contributed by atoms with E-state index in [1.165, 1.54) is 0 Å². The fraction of sp³-hybridized carbons (Fsp3) is 0.889. The van der Waals surface area contributed by atoms with Gasteiger partial charge in [0.25, 0.3) is 0 Å². The first-order chi connectivity index (χ1) is 5.59. The van der Waals surface area contributed by atoms with E-state index in [-0.39, 0.29) is 11.3 Å². The zero-order chi connectivity index (χ0) is 9.14. The second-order valence-electron chi connectivity index (χ2n) is 3.69. The van der Waals surface area contributed by atoms with Crippen LogP contribution in [0.4, 0.5) is 0 Å². The van der Waals surface area contributed by atoms with E-state index >= 15 is 0 Å². The van der Waals surface area contributed by atoms with Gasteiger partial charge in [-0.1, -0.05) is 6.92 Å². The monoisotopic (exact) mass is 189 g/mol. The second kappa shape index (κ2) is 4.13. The number of hydrogen-bond donors (Lipinski definition) is 1. The fourth-order valence-corrected chi connectivity index (χ4v) is 2.05. The van der Waals surface area contributed by atoms with Crippen LogP contribution in [0.15, 0.2) is 0 Å². The van der Waals surface area contributed by atoms with E-state index < -0.39 is 0 Å². The summed E-state index contributed by atoms with van der Waals surface area (Å²) in [5.41, 5.74) is 0. The molecule has 0 radical (unpaired) electrons. The third-order valence-electron chi connectivity index (χ3n) is 2.52. The van der Waals surface area contributed by atoms with E-state index in [0.717, 1.165) is 19.3 Å². The van der Waals surface area contributed by atoms with Gasteiger partial charge in [-0.2, -0.15) is 0 Å². The third-order valence-corrected chi connectivity index (χ3v) is 2.92. The highest BCUT2D eigenvalue weighted by Crippen LogP contribution is 2.27. The van der Waals surface area contributed by atoms with Gasteiger partial charge < -0.3 is 5.32 Å². The topological polar surface area (TPSA) is 29.1 Å². The quantitative estimate of drug-likeness (QED) is 0.628. The van der Waals surface area contributed by atoms with E-state index in [9.17, 15) is 4.79 Å². The first kappa shape index (κ1) is 9.85. The van der Waals surface area contributed by atoms with Gasteiger partial charge in [-0.3, -0.25) is 4.79 Å². The van der Waals surface area contributed by atoms with E-state index in [4.69, 9.17) is 11.6 Å². The van der Waals surface area contributed by atoms with E-state index in [2.05, 4.69) is 12.2 Å². The molecule has 0 spiro atoms. The molecule has 1 fully saturated rings. The first-order valence-corrected chi connectivity index (χ1v) is 4.94. The van der Waals surface area contributed by atoms with Crippen LogP contribution in [0.2, 0.25) is 0 Å². The van der Waals surface area contributed by atoms with Gasteiger partial charge >= 0.3 is 0 Å². The predicted octanol–water partition coefficient (Wildman–Crippen LogP) is 1.92. The lowest BCUT2D eigenvalue weighted by molar-refractivity contribution is -0.120. The van der Waals surface area contributed by atoms with Crippen LogP contribution in [0.3, 0.4) is 0 Å². The van der Waals surface area contributed by atoms with Gasteiger partial charge in [0.1, 0.15) is 0 Å². The maximum atomic E-state index is 10.8. The van der Waals surface area contributed by atoms with Gasteiger partial charge in [0, 0.05) is 18.3 Å². The van der Waals surface area contributed by atoms with Crippen LogP contribution < -0.4 is 5.32 Å². The molecule has 0 bridgehead atoms. The van der Waals surface area contributed by atoms with Crippen molar-refractivity contribution in [1.82, 2.24) is 5.32 Å². The first-order valence-electron chi connectivity index (χ1n) is 4.50. The molecule has 1 saturated carbocycles. The molecule has 1 rings (SSSR count). The molecule has 3 atom stereocenters. The summed E-state index contributed by atoms with van der Waals surface area (Å²) in [5.74, 6) is 0.626. The molecule has 0 aromatic rings.